The van der Waals surface area contributed by atoms with Crippen LogP contribution in [0.2, 0.25) is 0 Å². The topological polar surface area (TPSA) is 57.5 Å². The molecule has 5 heteroatoms. The minimum absolute atomic E-state index is 0.103. The Morgan fingerprint density at radius 2 is 2.12 bits per heavy atom. The number of aliphatic hydroxyl groups is 2. The van der Waals surface area contributed by atoms with Crippen molar-refractivity contribution in [3.05, 3.63) is 35.1 Å². The summed E-state index contributed by atoms with van der Waals surface area (Å²) in [5, 5.41) is 20.1. The van der Waals surface area contributed by atoms with Gasteiger partial charge in [-0.25, -0.2) is 4.39 Å². The van der Waals surface area contributed by atoms with Crippen molar-refractivity contribution in [2.75, 3.05) is 5.33 Å². The number of rotatable bonds is 5. The molecule has 2 atom stereocenters. The van der Waals surface area contributed by atoms with Gasteiger partial charge in [-0.3, -0.25) is 4.79 Å². The zero-order chi connectivity index (χ0) is 13.0. The maximum atomic E-state index is 13.0. The van der Waals surface area contributed by atoms with E-state index < -0.39 is 18.0 Å². The lowest BCUT2D eigenvalue weighted by atomic mass is 9.95. The van der Waals surface area contributed by atoms with Gasteiger partial charge in [-0.1, -0.05) is 22.0 Å². The summed E-state index contributed by atoms with van der Waals surface area (Å²) >= 11 is 3.15. The molecule has 0 bridgehead atoms. The number of aliphatic hydroxyl groups excluding tert-OH is 2. The van der Waals surface area contributed by atoms with Crippen LogP contribution in [-0.4, -0.2) is 27.4 Å². The van der Waals surface area contributed by atoms with Crippen LogP contribution in [0.3, 0.4) is 0 Å². The van der Waals surface area contributed by atoms with Gasteiger partial charge in [0.2, 0.25) is 0 Å². The Labute approximate surface area is 107 Å². The van der Waals surface area contributed by atoms with E-state index in [9.17, 15) is 19.4 Å². The van der Waals surface area contributed by atoms with Crippen LogP contribution in [0.25, 0.3) is 0 Å². The molecule has 0 radical (unpaired) electrons. The van der Waals surface area contributed by atoms with E-state index in [4.69, 9.17) is 0 Å². The molecule has 94 valence electrons. The van der Waals surface area contributed by atoms with Crippen molar-refractivity contribution in [3.63, 3.8) is 0 Å². The predicted octanol–water partition coefficient (Wildman–Crippen LogP) is 2.21. The second-order valence-electron chi connectivity index (χ2n) is 3.78. The lowest BCUT2D eigenvalue weighted by Gasteiger charge is -2.19. The van der Waals surface area contributed by atoms with Crippen LogP contribution in [0.4, 0.5) is 4.39 Å². The average molecular weight is 305 g/mol. The Bertz CT molecular complexity index is 409. The molecule has 0 amide bonds. The summed E-state index contributed by atoms with van der Waals surface area (Å²) in [6, 6.07) is 3.56. The van der Waals surface area contributed by atoms with Gasteiger partial charge in [0.05, 0.1) is 6.10 Å². The second-order valence-corrected chi connectivity index (χ2v) is 4.57. The zero-order valence-electron chi connectivity index (χ0n) is 9.36. The number of benzene rings is 1. The van der Waals surface area contributed by atoms with Crippen LogP contribution in [0.15, 0.2) is 18.2 Å². The van der Waals surface area contributed by atoms with E-state index in [2.05, 4.69) is 15.9 Å². The molecular formula is C12H14BrFO3. The normalized spacial score (nSPS) is 14.4. The second kappa shape index (κ2) is 6.23. The molecule has 2 unspecified atom stereocenters. The Hall–Kier alpha value is -0.780. The first-order valence-corrected chi connectivity index (χ1v) is 6.32. The third-order valence-electron chi connectivity index (χ3n) is 2.48. The first-order valence-electron chi connectivity index (χ1n) is 5.20. The van der Waals surface area contributed by atoms with Crippen molar-refractivity contribution in [1.29, 1.82) is 0 Å². The average Bonchev–Trinajstić information content (AvgIpc) is 2.28. The van der Waals surface area contributed by atoms with Gasteiger partial charge in [0.15, 0.2) is 5.78 Å². The van der Waals surface area contributed by atoms with E-state index in [1.54, 1.807) is 0 Å². The van der Waals surface area contributed by atoms with Crippen molar-refractivity contribution in [2.24, 2.45) is 0 Å². The molecule has 0 fully saturated rings. The van der Waals surface area contributed by atoms with Gasteiger partial charge >= 0.3 is 0 Å². The summed E-state index contributed by atoms with van der Waals surface area (Å²) < 4.78 is 13.0. The molecule has 2 N–H and O–H groups in total. The standard InChI is InChI=1S/C12H14BrFO3/c1-7(15)10-6-8(14)2-3-9(10)12(17)11(16)4-5-13/h2-3,6,11-12,16-17H,4-5H2,1H3. The number of carbonyl (C=O) groups excluding carboxylic acids is 1. The summed E-state index contributed by atoms with van der Waals surface area (Å²) in [7, 11) is 0. The maximum absolute atomic E-state index is 13.0. The number of Topliss-reactive ketones (excluding diaryl/α,β-unsaturated/α-hetero) is 1. The quantitative estimate of drug-likeness (QED) is 0.648. The summed E-state index contributed by atoms with van der Waals surface area (Å²) in [5.74, 6) is -0.884. The summed E-state index contributed by atoms with van der Waals surface area (Å²) in [6.45, 7) is 1.29. The zero-order valence-corrected chi connectivity index (χ0v) is 10.9. The van der Waals surface area contributed by atoms with Gasteiger partial charge in [0.25, 0.3) is 0 Å². The molecule has 1 aromatic carbocycles. The van der Waals surface area contributed by atoms with Crippen LogP contribution in [0.5, 0.6) is 0 Å². The molecule has 0 aromatic heterocycles. The number of ketones is 1. The highest BCUT2D eigenvalue weighted by molar-refractivity contribution is 9.09. The maximum Gasteiger partial charge on any atom is 0.160 e. The lowest BCUT2D eigenvalue weighted by Crippen LogP contribution is -2.20. The van der Waals surface area contributed by atoms with Crippen LogP contribution in [0, 0.1) is 5.82 Å². The van der Waals surface area contributed by atoms with E-state index in [0.29, 0.717) is 11.8 Å². The van der Waals surface area contributed by atoms with Crippen LogP contribution >= 0.6 is 15.9 Å². The van der Waals surface area contributed by atoms with Crippen LogP contribution < -0.4 is 0 Å². The molecule has 0 aliphatic heterocycles. The van der Waals surface area contributed by atoms with Gasteiger partial charge in [0, 0.05) is 10.9 Å². The summed E-state index contributed by atoms with van der Waals surface area (Å²) in [4.78, 5) is 11.3. The van der Waals surface area contributed by atoms with E-state index >= 15 is 0 Å². The molecule has 0 heterocycles. The Morgan fingerprint density at radius 3 is 2.65 bits per heavy atom. The monoisotopic (exact) mass is 304 g/mol. The first kappa shape index (κ1) is 14.3. The van der Waals surface area contributed by atoms with Crippen LogP contribution in [-0.2, 0) is 0 Å². The highest BCUT2D eigenvalue weighted by Gasteiger charge is 2.22. The summed E-state index contributed by atoms with van der Waals surface area (Å²) in [6.07, 6.45) is -1.83. The lowest BCUT2D eigenvalue weighted by molar-refractivity contribution is 0.0168. The number of alkyl halides is 1. The fraction of sp³-hybridized carbons (Fsp3) is 0.417. The van der Waals surface area contributed by atoms with E-state index in [1.807, 2.05) is 0 Å². The largest absolute Gasteiger partial charge is 0.390 e. The molecule has 17 heavy (non-hydrogen) atoms. The Morgan fingerprint density at radius 1 is 1.47 bits per heavy atom. The number of hydrogen-bond donors (Lipinski definition) is 2. The predicted molar refractivity (Wildman–Crippen MR) is 65.8 cm³/mol. The molecular weight excluding hydrogens is 291 g/mol. The SMILES string of the molecule is CC(=O)c1cc(F)ccc1C(O)C(O)CCBr. The van der Waals surface area contributed by atoms with E-state index in [-0.39, 0.29) is 16.9 Å². The van der Waals surface area contributed by atoms with Gasteiger partial charge < -0.3 is 10.2 Å². The minimum Gasteiger partial charge on any atom is -0.390 e. The molecule has 0 aliphatic carbocycles. The molecule has 0 aliphatic rings. The first-order chi connectivity index (χ1) is 7.97. The van der Waals surface area contributed by atoms with Crippen molar-refractivity contribution >= 4 is 21.7 Å². The van der Waals surface area contributed by atoms with E-state index in [1.165, 1.54) is 13.0 Å². The van der Waals surface area contributed by atoms with Crippen molar-refractivity contribution in [1.82, 2.24) is 0 Å². The summed E-state index contributed by atoms with van der Waals surface area (Å²) in [5.41, 5.74) is 0.360. The minimum atomic E-state index is -1.19. The molecule has 0 saturated carbocycles. The van der Waals surface area contributed by atoms with Crippen LogP contribution in [0.1, 0.15) is 35.4 Å². The smallest absolute Gasteiger partial charge is 0.160 e. The van der Waals surface area contributed by atoms with Gasteiger partial charge in [-0.2, -0.15) is 0 Å². The highest BCUT2D eigenvalue weighted by Crippen LogP contribution is 2.24. The number of carbonyl (C=O) groups is 1. The van der Waals surface area contributed by atoms with Gasteiger partial charge in [0.1, 0.15) is 11.9 Å². The van der Waals surface area contributed by atoms with Crippen molar-refractivity contribution in [2.45, 2.75) is 25.6 Å². The van der Waals surface area contributed by atoms with Crippen molar-refractivity contribution < 1.29 is 19.4 Å². The van der Waals surface area contributed by atoms with Gasteiger partial charge in [-0.15, -0.1) is 0 Å². The highest BCUT2D eigenvalue weighted by atomic mass is 79.9. The third-order valence-corrected chi connectivity index (χ3v) is 2.94. The fourth-order valence-corrected chi connectivity index (χ4v) is 2.04. The number of halogens is 2. The van der Waals surface area contributed by atoms with Crippen molar-refractivity contribution in [3.8, 4) is 0 Å². The molecule has 3 nitrogen and oxygen atoms in total. The molecule has 1 aromatic rings. The van der Waals surface area contributed by atoms with E-state index in [0.717, 1.165) is 12.1 Å². The fourth-order valence-electron chi connectivity index (χ4n) is 1.57. The molecule has 1 rings (SSSR count). The Balaban J connectivity index is 3.08. The number of hydrogen-bond acceptors (Lipinski definition) is 3. The third kappa shape index (κ3) is 3.59. The molecule has 0 spiro atoms. The van der Waals surface area contributed by atoms with Gasteiger partial charge in [-0.05, 0) is 31.0 Å². The Kier molecular flexibility index (Phi) is 5.24. The molecule has 0 saturated heterocycles.